The number of quaternary nitrogens is 2. The zero-order valence-electron chi connectivity index (χ0n) is 15.6. The summed E-state index contributed by atoms with van der Waals surface area (Å²) in [5, 5.41) is 0. The van der Waals surface area contributed by atoms with Crippen molar-refractivity contribution in [2.75, 3.05) is 46.9 Å². The zero-order chi connectivity index (χ0) is 17.2. The van der Waals surface area contributed by atoms with Crippen LogP contribution in [0.15, 0.2) is 30.4 Å². The van der Waals surface area contributed by atoms with Crippen LogP contribution in [0.3, 0.4) is 0 Å². The maximum absolute atomic E-state index is 5.54. The van der Waals surface area contributed by atoms with Gasteiger partial charge in [-0.2, -0.15) is 0 Å². The highest BCUT2D eigenvalue weighted by Crippen LogP contribution is 2.42. The van der Waals surface area contributed by atoms with E-state index in [1.807, 2.05) is 17.0 Å². The summed E-state index contributed by atoms with van der Waals surface area (Å²) in [5.74, 6) is 4.65. The second-order valence-corrected chi connectivity index (χ2v) is 8.10. The summed E-state index contributed by atoms with van der Waals surface area (Å²) >= 11 is 0. The van der Waals surface area contributed by atoms with E-state index in [4.69, 9.17) is 9.47 Å². The molecule has 4 nitrogen and oxygen atoms in total. The Balaban J connectivity index is 1.29. The van der Waals surface area contributed by atoms with Crippen molar-refractivity contribution in [2.24, 2.45) is 17.8 Å². The van der Waals surface area contributed by atoms with Crippen LogP contribution in [0.5, 0.6) is 11.5 Å². The fourth-order valence-corrected chi connectivity index (χ4v) is 5.13. The van der Waals surface area contributed by atoms with Crippen molar-refractivity contribution in [2.45, 2.75) is 19.4 Å². The predicted octanol–water partition coefficient (Wildman–Crippen LogP) is 0.199. The monoisotopic (exact) mass is 344 g/mol. The van der Waals surface area contributed by atoms with E-state index in [1.54, 1.807) is 19.1 Å². The van der Waals surface area contributed by atoms with E-state index >= 15 is 0 Å². The van der Waals surface area contributed by atoms with E-state index in [2.05, 4.69) is 18.2 Å². The Kier molecular flexibility index (Phi) is 5.00. The number of allylic oxidation sites excluding steroid dienone is 2. The summed E-state index contributed by atoms with van der Waals surface area (Å²) < 4.78 is 10.9. The standard InChI is InChI=1S/C21H30N2O2/c1-24-20-5-6-21(25-2)19(13-20)15-23-9-7-22(8-10-23)14-18-12-16-3-4-17(18)11-16/h3-6,13,16-18H,7-12,14-15H2,1-2H3/p+2/t16-,17-,18-/m0/s1. The maximum atomic E-state index is 5.54. The summed E-state index contributed by atoms with van der Waals surface area (Å²) in [4.78, 5) is 3.50. The molecule has 0 aromatic heterocycles. The number of rotatable bonds is 6. The molecule has 3 atom stereocenters. The Morgan fingerprint density at radius 3 is 2.40 bits per heavy atom. The summed E-state index contributed by atoms with van der Waals surface area (Å²) in [5.41, 5.74) is 1.26. The minimum Gasteiger partial charge on any atom is -0.497 e. The molecule has 1 aromatic rings. The van der Waals surface area contributed by atoms with Crippen LogP contribution in [0.2, 0.25) is 0 Å². The first-order valence-electron chi connectivity index (χ1n) is 9.81. The van der Waals surface area contributed by atoms with Crippen LogP contribution in [0.25, 0.3) is 0 Å². The molecule has 4 rings (SSSR count). The third-order valence-corrected chi connectivity index (χ3v) is 6.56. The lowest BCUT2D eigenvalue weighted by Gasteiger charge is -2.32. The van der Waals surface area contributed by atoms with Crippen LogP contribution in [0.1, 0.15) is 18.4 Å². The Morgan fingerprint density at radius 1 is 0.960 bits per heavy atom. The van der Waals surface area contributed by atoms with Crippen molar-refractivity contribution < 1.29 is 19.3 Å². The molecule has 2 bridgehead atoms. The van der Waals surface area contributed by atoms with E-state index in [1.165, 1.54) is 51.1 Å². The molecular weight excluding hydrogens is 312 g/mol. The van der Waals surface area contributed by atoms with E-state index < -0.39 is 0 Å². The summed E-state index contributed by atoms with van der Waals surface area (Å²) in [7, 11) is 3.48. The number of fused-ring (bicyclic) bond motifs is 2. The van der Waals surface area contributed by atoms with Crippen molar-refractivity contribution in [3.63, 3.8) is 0 Å². The van der Waals surface area contributed by atoms with E-state index in [0.29, 0.717) is 0 Å². The number of piperazine rings is 1. The maximum Gasteiger partial charge on any atom is 0.127 e. The quantitative estimate of drug-likeness (QED) is 0.722. The van der Waals surface area contributed by atoms with Gasteiger partial charge in [-0.3, -0.25) is 0 Å². The highest BCUT2D eigenvalue weighted by Gasteiger charge is 2.38. The number of benzene rings is 1. The molecule has 3 aliphatic rings. The molecule has 136 valence electrons. The lowest BCUT2D eigenvalue weighted by molar-refractivity contribution is -1.02. The van der Waals surface area contributed by atoms with Gasteiger partial charge in [0.1, 0.15) is 44.2 Å². The predicted molar refractivity (Wildman–Crippen MR) is 98.4 cm³/mol. The highest BCUT2D eigenvalue weighted by molar-refractivity contribution is 5.39. The minimum absolute atomic E-state index is 0.893. The fourth-order valence-electron chi connectivity index (χ4n) is 5.13. The number of hydrogen-bond acceptors (Lipinski definition) is 2. The average molecular weight is 344 g/mol. The van der Waals surface area contributed by atoms with Crippen LogP contribution < -0.4 is 19.3 Å². The molecule has 0 unspecified atom stereocenters. The first-order valence-corrected chi connectivity index (χ1v) is 9.81. The van der Waals surface area contributed by atoms with Crippen molar-refractivity contribution in [3.05, 3.63) is 35.9 Å². The fraction of sp³-hybridized carbons (Fsp3) is 0.619. The lowest BCUT2D eigenvalue weighted by atomic mass is 9.93. The van der Waals surface area contributed by atoms with Crippen LogP contribution in [0, 0.1) is 17.8 Å². The number of hydrogen-bond donors (Lipinski definition) is 2. The van der Waals surface area contributed by atoms with Gasteiger partial charge >= 0.3 is 0 Å². The van der Waals surface area contributed by atoms with Gasteiger partial charge in [-0.05, 0) is 42.9 Å². The van der Waals surface area contributed by atoms with Crippen molar-refractivity contribution in [1.29, 1.82) is 0 Å². The molecule has 1 aromatic carbocycles. The SMILES string of the molecule is COc1ccc(OC)c(C[NH+]2CC[NH+](C[C@@H]3C[C@H]4C=C[C@H]3C4)CC2)c1. The number of ether oxygens (including phenoxy) is 2. The molecule has 2 N–H and O–H groups in total. The van der Waals surface area contributed by atoms with Gasteiger partial charge in [0.05, 0.1) is 26.3 Å². The summed E-state index contributed by atoms with van der Waals surface area (Å²) in [6, 6.07) is 6.13. The Bertz CT molecular complexity index is 622. The second-order valence-electron chi connectivity index (χ2n) is 8.10. The molecule has 1 aliphatic heterocycles. The van der Waals surface area contributed by atoms with E-state index in [9.17, 15) is 0 Å². The molecular formula is C21H32N2O2+2. The first-order chi connectivity index (χ1) is 12.2. The topological polar surface area (TPSA) is 27.3 Å². The van der Waals surface area contributed by atoms with Crippen molar-refractivity contribution in [1.82, 2.24) is 0 Å². The minimum atomic E-state index is 0.893. The molecule has 0 radical (unpaired) electrons. The molecule has 4 heteroatoms. The number of nitrogens with one attached hydrogen (secondary N) is 2. The van der Waals surface area contributed by atoms with Crippen LogP contribution in [-0.2, 0) is 6.54 Å². The largest absolute Gasteiger partial charge is 0.497 e. The normalized spacial score (nSPS) is 33.6. The molecule has 2 aliphatic carbocycles. The van der Waals surface area contributed by atoms with Crippen LogP contribution in [-0.4, -0.2) is 46.9 Å². The summed E-state index contributed by atoms with van der Waals surface area (Å²) in [6.45, 7) is 7.54. The molecule has 1 saturated carbocycles. The highest BCUT2D eigenvalue weighted by atomic mass is 16.5. The smallest absolute Gasteiger partial charge is 0.127 e. The summed E-state index contributed by atoms with van der Waals surface area (Å²) in [6.07, 6.45) is 7.84. The Labute approximate surface area is 151 Å². The Morgan fingerprint density at radius 2 is 1.76 bits per heavy atom. The van der Waals surface area contributed by atoms with Gasteiger partial charge in [0.2, 0.25) is 0 Å². The van der Waals surface area contributed by atoms with Gasteiger partial charge in [-0.25, -0.2) is 0 Å². The lowest BCUT2D eigenvalue weighted by Crippen LogP contribution is -3.27. The van der Waals surface area contributed by atoms with Crippen molar-refractivity contribution >= 4 is 0 Å². The number of methoxy groups -OCH3 is 2. The van der Waals surface area contributed by atoms with Gasteiger partial charge in [-0.15, -0.1) is 0 Å². The van der Waals surface area contributed by atoms with Gasteiger partial charge in [0.15, 0.2) is 0 Å². The van der Waals surface area contributed by atoms with Gasteiger partial charge in [0.25, 0.3) is 0 Å². The third kappa shape index (κ3) is 3.70. The van der Waals surface area contributed by atoms with Gasteiger partial charge < -0.3 is 19.3 Å². The zero-order valence-corrected chi connectivity index (χ0v) is 15.6. The second kappa shape index (κ2) is 7.38. The molecule has 25 heavy (non-hydrogen) atoms. The van der Waals surface area contributed by atoms with Gasteiger partial charge in [-0.1, -0.05) is 12.2 Å². The Hall–Kier alpha value is -1.52. The molecule has 2 fully saturated rings. The average Bonchev–Trinajstić information content (AvgIpc) is 3.26. The van der Waals surface area contributed by atoms with E-state index in [-0.39, 0.29) is 0 Å². The van der Waals surface area contributed by atoms with Crippen LogP contribution in [0.4, 0.5) is 0 Å². The molecule has 1 saturated heterocycles. The molecule has 0 spiro atoms. The van der Waals surface area contributed by atoms with E-state index in [0.717, 1.165) is 35.8 Å². The van der Waals surface area contributed by atoms with Gasteiger partial charge in [0, 0.05) is 5.92 Å². The third-order valence-electron chi connectivity index (χ3n) is 6.56. The van der Waals surface area contributed by atoms with Crippen LogP contribution >= 0.6 is 0 Å². The molecule has 0 amide bonds. The molecule has 1 heterocycles. The van der Waals surface area contributed by atoms with Crippen molar-refractivity contribution in [3.8, 4) is 11.5 Å². The first kappa shape index (κ1) is 16.9.